The fourth-order valence-electron chi connectivity index (χ4n) is 3.13. The van der Waals surface area contributed by atoms with Crippen LogP contribution >= 0.6 is 33.9 Å². The summed E-state index contributed by atoms with van der Waals surface area (Å²) in [6, 6.07) is 22.3. The van der Waals surface area contributed by atoms with Crippen LogP contribution in [0.25, 0.3) is 26.9 Å². The first-order valence-corrected chi connectivity index (χ1v) is 11.6. The summed E-state index contributed by atoms with van der Waals surface area (Å²) in [5, 5.41) is 3.92. The van der Waals surface area contributed by atoms with Gasteiger partial charge in [-0.3, -0.25) is 4.79 Å². The van der Waals surface area contributed by atoms with Gasteiger partial charge in [0.05, 0.1) is 15.9 Å². The molecule has 30 heavy (non-hydrogen) atoms. The summed E-state index contributed by atoms with van der Waals surface area (Å²) in [4.78, 5) is 17.3. The molecule has 1 heterocycles. The van der Waals surface area contributed by atoms with Crippen molar-refractivity contribution in [3.63, 3.8) is 0 Å². The van der Waals surface area contributed by atoms with E-state index in [9.17, 15) is 4.79 Å². The lowest BCUT2D eigenvalue weighted by molar-refractivity contribution is -0.111. The van der Waals surface area contributed by atoms with Crippen LogP contribution in [0.2, 0.25) is 0 Å². The molecule has 0 aliphatic carbocycles. The van der Waals surface area contributed by atoms with E-state index in [1.54, 1.807) is 17.4 Å². The zero-order valence-corrected chi connectivity index (χ0v) is 19.7. The molecular weight excluding hydrogens is 503 g/mol. The van der Waals surface area contributed by atoms with Gasteiger partial charge in [0, 0.05) is 15.2 Å². The first kappa shape index (κ1) is 20.8. The number of nitrogens with one attached hydrogen (secondary N) is 1. The number of aromatic nitrogens is 1. The third kappa shape index (κ3) is 4.79. The quantitative estimate of drug-likeness (QED) is 0.219. The summed E-state index contributed by atoms with van der Waals surface area (Å²) in [5.41, 5.74) is 4.96. The molecule has 0 saturated heterocycles. The molecule has 0 fully saturated rings. The average molecular weight is 524 g/mol. The van der Waals surface area contributed by atoms with E-state index < -0.39 is 0 Å². The molecule has 0 spiro atoms. The van der Waals surface area contributed by atoms with Gasteiger partial charge in [-0.15, -0.1) is 11.3 Å². The first-order valence-electron chi connectivity index (χ1n) is 9.74. The lowest BCUT2D eigenvalue weighted by Gasteiger charge is -2.09. The minimum absolute atomic E-state index is 0.161. The van der Waals surface area contributed by atoms with E-state index in [2.05, 4.69) is 66.0 Å². The van der Waals surface area contributed by atoms with Gasteiger partial charge in [-0.25, -0.2) is 4.98 Å². The van der Waals surface area contributed by atoms with E-state index in [4.69, 9.17) is 4.98 Å². The molecule has 3 aromatic carbocycles. The zero-order chi connectivity index (χ0) is 21.1. The van der Waals surface area contributed by atoms with E-state index in [0.717, 1.165) is 35.6 Å². The van der Waals surface area contributed by atoms with E-state index in [1.165, 1.54) is 5.56 Å². The van der Waals surface area contributed by atoms with Crippen LogP contribution in [-0.4, -0.2) is 10.9 Å². The van der Waals surface area contributed by atoms with Gasteiger partial charge < -0.3 is 5.32 Å². The van der Waals surface area contributed by atoms with Crippen molar-refractivity contribution < 1.29 is 4.79 Å². The number of amides is 1. The number of hydrogen-bond donors (Lipinski definition) is 1. The number of fused-ring (bicyclic) bond motifs is 1. The topological polar surface area (TPSA) is 42.0 Å². The van der Waals surface area contributed by atoms with Gasteiger partial charge in [0.15, 0.2) is 0 Å². The first-order chi connectivity index (χ1) is 14.5. The Morgan fingerprint density at radius 3 is 2.57 bits per heavy atom. The molecule has 1 amide bonds. The van der Waals surface area contributed by atoms with Crippen LogP contribution in [0.5, 0.6) is 0 Å². The number of benzene rings is 3. The molecule has 4 aromatic rings. The van der Waals surface area contributed by atoms with Crippen LogP contribution < -0.4 is 5.32 Å². The lowest BCUT2D eigenvalue weighted by atomic mass is 10.0. The third-order valence-corrected chi connectivity index (χ3v) is 6.53. The Bertz CT molecular complexity index is 1190. The fourth-order valence-corrected chi connectivity index (χ4v) is 4.62. The highest BCUT2D eigenvalue weighted by molar-refractivity contribution is 14.1. The summed E-state index contributed by atoms with van der Waals surface area (Å²) in [5.74, 6) is 0.333. The van der Waals surface area contributed by atoms with Crippen LogP contribution in [0.3, 0.4) is 0 Å². The van der Waals surface area contributed by atoms with E-state index in [-0.39, 0.29) is 5.91 Å². The maximum atomic E-state index is 12.6. The maximum absolute atomic E-state index is 12.6. The standard InChI is InChI=1S/C25H21IN2OS/c1-16(2)18-10-7-17(8-11-18)9-14-24(29)27-21-13-12-19(26)15-20(21)25-28-22-5-3-4-6-23(22)30-25/h3-16H,1-2H3,(H,27,29). The minimum Gasteiger partial charge on any atom is -0.322 e. The molecule has 0 radical (unpaired) electrons. The molecule has 1 aromatic heterocycles. The fraction of sp³-hybridized carbons (Fsp3) is 0.120. The number of rotatable bonds is 5. The Hall–Kier alpha value is -2.51. The Balaban J connectivity index is 1.56. The Kier molecular flexibility index (Phi) is 6.29. The largest absolute Gasteiger partial charge is 0.322 e. The predicted molar refractivity (Wildman–Crippen MR) is 136 cm³/mol. The van der Waals surface area contributed by atoms with Crippen molar-refractivity contribution in [1.82, 2.24) is 4.98 Å². The second-order valence-electron chi connectivity index (χ2n) is 7.32. The average Bonchev–Trinajstić information content (AvgIpc) is 3.18. The highest BCUT2D eigenvalue weighted by Crippen LogP contribution is 2.35. The minimum atomic E-state index is -0.161. The van der Waals surface area contributed by atoms with E-state index in [1.807, 2.05) is 48.5 Å². The number of hydrogen-bond acceptors (Lipinski definition) is 3. The van der Waals surface area contributed by atoms with Crippen LogP contribution in [0.15, 0.2) is 72.8 Å². The summed E-state index contributed by atoms with van der Waals surface area (Å²) < 4.78 is 2.23. The van der Waals surface area contributed by atoms with Gasteiger partial charge in [0.1, 0.15) is 5.01 Å². The molecule has 5 heteroatoms. The van der Waals surface area contributed by atoms with Crippen molar-refractivity contribution in [2.45, 2.75) is 19.8 Å². The molecule has 0 saturated carbocycles. The molecule has 0 bridgehead atoms. The maximum Gasteiger partial charge on any atom is 0.248 e. The zero-order valence-electron chi connectivity index (χ0n) is 16.7. The third-order valence-electron chi connectivity index (χ3n) is 4.79. The van der Waals surface area contributed by atoms with E-state index >= 15 is 0 Å². The molecule has 3 nitrogen and oxygen atoms in total. The molecule has 0 aliphatic heterocycles. The van der Waals surface area contributed by atoms with Gasteiger partial charge in [-0.1, -0.05) is 50.2 Å². The monoisotopic (exact) mass is 524 g/mol. The normalized spacial score (nSPS) is 11.5. The van der Waals surface area contributed by atoms with E-state index in [0.29, 0.717) is 5.92 Å². The summed E-state index contributed by atoms with van der Waals surface area (Å²) in [6.45, 7) is 4.34. The van der Waals surface area contributed by atoms with Gasteiger partial charge >= 0.3 is 0 Å². The number of nitrogens with zero attached hydrogens (tertiary/aromatic N) is 1. The number of carbonyl (C=O) groups is 1. The van der Waals surface area contributed by atoms with Crippen molar-refractivity contribution in [3.05, 3.63) is 87.5 Å². The molecule has 4 rings (SSSR count). The molecule has 0 aliphatic rings. The molecule has 1 N–H and O–H groups in total. The molecule has 0 unspecified atom stereocenters. The highest BCUT2D eigenvalue weighted by atomic mass is 127. The SMILES string of the molecule is CC(C)c1ccc(C=CC(=O)Nc2ccc(I)cc2-c2nc3ccccc3s2)cc1. The van der Waals surface area contributed by atoms with Crippen LogP contribution in [0, 0.1) is 3.57 Å². The lowest BCUT2D eigenvalue weighted by Crippen LogP contribution is -2.09. The molecule has 0 atom stereocenters. The second kappa shape index (κ2) is 9.10. The Morgan fingerprint density at radius 1 is 1.07 bits per heavy atom. The number of para-hydroxylation sites is 1. The smallest absolute Gasteiger partial charge is 0.248 e. The molecule has 150 valence electrons. The number of anilines is 1. The van der Waals surface area contributed by atoms with Crippen LogP contribution in [-0.2, 0) is 4.79 Å². The van der Waals surface area contributed by atoms with Gasteiger partial charge in [-0.2, -0.15) is 0 Å². The Labute approximate surface area is 194 Å². The highest BCUT2D eigenvalue weighted by Gasteiger charge is 2.12. The van der Waals surface area contributed by atoms with Crippen LogP contribution in [0.4, 0.5) is 5.69 Å². The van der Waals surface area contributed by atoms with Crippen molar-refractivity contribution in [3.8, 4) is 10.6 Å². The van der Waals surface area contributed by atoms with Crippen LogP contribution in [0.1, 0.15) is 30.9 Å². The molecular formula is C25H21IN2OS. The number of carbonyl (C=O) groups excluding carboxylic acids is 1. The second-order valence-corrected chi connectivity index (χ2v) is 9.60. The van der Waals surface area contributed by atoms with Crippen molar-refractivity contribution >= 4 is 61.8 Å². The van der Waals surface area contributed by atoms with Gasteiger partial charge in [0.2, 0.25) is 5.91 Å². The number of halogens is 1. The summed E-state index contributed by atoms with van der Waals surface area (Å²) in [7, 11) is 0. The predicted octanol–water partition coefficient (Wildman–Crippen LogP) is 7.34. The Morgan fingerprint density at radius 2 is 1.83 bits per heavy atom. The van der Waals surface area contributed by atoms with Crippen molar-refractivity contribution in [1.29, 1.82) is 0 Å². The number of thiazole rings is 1. The summed E-state index contributed by atoms with van der Waals surface area (Å²) in [6.07, 6.45) is 3.41. The van der Waals surface area contributed by atoms with Crippen molar-refractivity contribution in [2.24, 2.45) is 0 Å². The van der Waals surface area contributed by atoms with Gasteiger partial charge in [-0.05, 0) is 76.0 Å². The summed E-state index contributed by atoms with van der Waals surface area (Å²) >= 11 is 3.91. The van der Waals surface area contributed by atoms with Crippen molar-refractivity contribution in [2.75, 3.05) is 5.32 Å². The van der Waals surface area contributed by atoms with Gasteiger partial charge in [0.25, 0.3) is 0 Å².